The van der Waals surface area contributed by atoms with E-state index < -0.39 is 0 Å². The lowest BCUT2D eigenvalue weighted by Gasteiger charge is -2.37. The van der Waals surface area contributed by atoms with Gasteiger partial charge in [-0.15, -0.1) is 0 Å². The highest BCUT2D eigenvalue weighted by Crippen LogP contribution is 2.31. The smallest absolute Gasteiger partial charge is 0.150 e. The highest BCUT2D eigenvalue weighted by atomic mass is 15.3. The van der Waals surface area contributed by atoms with Crippen molar-refractivity contribution in [3.05, 3.63) is 11.6 Å². The highest BCUT2D eigenvalue weighted by Gasteiger charge is 2.39. The van der Waals surface area contributed by atoms with Gasteiger partial charge in [-0.3, -0.25) is 4.68 Å². The Morgan fingerprint density at radius 3 is 2.25 bits per heavy atom. The van der Waals surface area contributed by atoms with E-state index in [1.54, 1.807) is 0 Å². The Labute approximate surface area is 98.2 Å². The van der Waals surface area contributed by atoms with Crippen molar-refractivity contribution in [3.63, 3.8) is 0 Å². The summed E-state index contributed by atoms with van der Waals surface area (Å²) in [4.78, 5) is 4.61. The first-order chi connectivity index (χ1) is 7.20. The van der Waals surface area contributed by atoms with E-state index >= 15 is 0 Å². The lowest BCUT2D eigenvalue weighted by molar-refractivity contribution is 0.282. The summed E-state index contributed by atoms with van der Waals surface area (Å²) in [6.45, 7) is 10.4. The summed E-state index contributed by atoms with van der Waals surface area (Å²) in [5, 5.41) is 4.43. The molecule has 0 aliphatic carbocycles. The first-order valence-corrected chi connectivity index (χ1v) is 5.89. The molecule has 0 saturated heterocycles. The van der Waals surface area contributed by atoms with Gasteiger partial charge in [-0.05, 0) is 20.3 Å². The van der Waals surface area contributed by atoms with Gasteiger partial charge >= 0.3 is 0 Å². The van der Waals surface area contributed by atoms with Gasteiger partial charge in [0.1, 0.15) is 5.82 Å². The summed E-state index contributed by atoms with van der Waals surface area (Å²) in [6, 6.07) is 0. The van der Waals surface area contributed by atoms with Crippen LogP contribution in [0.5, 0.6) is 0 Å². The molecule has 0 saturated carbocycles. The predicted molar refractivity (Wildman–Crippen MR) is 66.3 cm³/mol. The summed E-state index contributed by atoms with van der Waals surface area (Å²) in [6.07, 6.45) is 1.99. The average Bonchev–Trinajstić information content (AvgIpc) is 2.46. The zero-order valence-corrected chi connectivity index (χ0v) is 11.3. The van der Waals surface area contributed by atoms with Gasteiger partial charge in [-0.2, -0.15) is 5.10 Å². The summed E-state index contributed by atoms with van der Waals surface area (Å²) in [7, 11) is 1.94. The minimum Gasteiger partial charge on any atom is -0.325 e. The van der Waals surface area contributed by atoms with Crippen LogP contribution in [0.2, 0.25) is 0 Å². The highest BCUT2D eigenvalue weighted by molar-refractivity contribution is 5.14. The van der Waals surface area contributed by atoms with E-state index in [9.17, 15) is 0 Å². The quantitative estimate of drug-likeness (QED) is 0.848. The Kier molecular flexibility index (Phi) is 3.43. The van der Waals surface area contributed by atoms with Gasteiger partial charge in [-0.25, -0.2) is 4.98 Å². The Hall–Kier alpha value is -0.900. The van der Waals surface area contributed by atoms with Gasteiger partial charge in [0, 0.05) is 24.4 Å². The largest absolute Gasteiger partial charge is 0.325 e. The number of nitrogens with two attached hydrogens (primary N) is 1. The molecule has 92 valence electrons. The first-order valence-electron chi connectivity index (χ1n) is 5.89. The van der Waals surface area contributed by atoms with Crippen LogP contribution in [0.25, 0.3) is 0 Å². The van der Waals surface area contributed by atoms with E-state index in [1.165, 1.54) is 0 Å². The summed E-state index contributed by atoms with van der Waals surface area (Å²) in [5.41, 5.74) is 5.70. The second-order valence-corrected chi connectivity index (χ2v) is 5.57. The van der Waals surface area contributed by atoms with Gasteiger partial charge in [0.25, 0.3) is 0 Å². The molecule has 0 spiro atoms. The molecular formula is C12H24N4. The Morgan fingerprint density at radius 2 is 1.81 bits per heavy atom. The molecule has 1 rings (SSSR count). The molecule has 0 unspecified atom stereocenters. The molecule has 0 aliphatic rings. The van der Waals surface area contributed by atoms with Crippen LogP contribution in [0.1, 0.15) is 52.7 Å². The second kappa shape index (κ2) is 4.17. The maximum Gasteiger partial charge on any atom is 0.150 e. The standard InChI is InChI=1S/C12H24N4/c1-7-8-9-14-10(16(6)15-9)11(2,3)12(4,5)13/h7-8,13H2,1-6H3. The third-order valence-corrected chi connectivity index (χ3v) is 3.45. The van der Waals surface area contributed by atoms with Gasteiger partial charge in [-0.1, -0.05) is 20.8 Å². The lowest BCUT2D eigenvalue weighted by atomic mass is 9.74. The molecule has 0 aromatic carbocycles. The number of hydrogen-bond donors (Lipinski definition) is 1. The molecule has 0 fully saturated rings. The summed E-state index contributed by atoms with van der Waals surface area (Å²) in [5.74, 6) is 1.88. The minimum atomic E-state index is -0.322. The number of aromatic nitrogens is 3. The van der Waals surface area contributed by atoms with E-state index in [0.29, 0.717) is 0 Å². The number of hydrogen-bond acceptors (Lipinski definition) is 3. The third kappa shape index (κ3) is 2.26. The fraction of sp³-hybridized carbons (Fsp3) is 0.833. The maximum absolute atomic E-state index is 6.22. The summed E-state index contributed by atoms with van der Waals surface area (Å²) >= 11 is 0. The molecule has 1 heterocycles. The van der Waals surface area contributed by atoms with E-state index in [0.717, 1.165) is 24.5 Å². The molecule has 0 atom stereocenters. The molecular weight excluding hydrogens is 200 g/mol. The van der Waals surface area contributed by atoms with Gasteiger partial charge in [0.05, 0.1) is 0 Å². The minimum absolute atomic E-state index is 0.194. The molecule has 0 aliphatic heterocycles. The molecule has 0 bridgehead atoms. The van der Waals surface area contributed by atoms with Gasteiger partial charge in [0.2, 0.25) is 0 Å². The van der Waals surface area contributed by atoms with Crippen LogP contribution < -0.4 is 5.73 Å². The number of aryl methyl sites for hydroxylation is 2. The predicted octanol–water partition coefficient (Wildman–Crippen LogP) is 1.78. The van der Waals surface area contributed by atoms with Crippen molar-refractivity contribution in [1.82, 2.24) is 14.8 Å². The maximum atomic E-state index is 6.22. The monoisotopic (exact) mass is 224 g/mol. The fourth-order valence-electron chi connectivity index (χ4n) is 1.60. The van der Waals surface area contributed by atoms with E-state index in [2.05, 4.69) is 30.9 Å². The SMILES string of the molecule is CCCc1nc(C(C)(C)C(C)(C)N)n(C)n1. The molecule has 4 nitrogen and oxygen atoms in total. The van der Waals surface area contributed by atoms with Crippen LogP contribution in [0.4, 0.5) is 0 Å². The zero-order chi connectivity index (χ0) is 12.6. The van der Waals surface area contributed by atoms with E-state index in [1.807, 2.05) is 25.6 Å². The van der Waals surface area contributed by atoms with Crippen LogP contribution in [0.15, 0.2) is 0 Å². The van der Waals surface area contributed by atoms with Gasteiger partial charge in [0.15, 0.2) is 5.82 Å². The topological polar surface area (TPSA) is 56.7 Å². The molecule has 0 radical (unpaired) electrons. The van der Waals surface area contributed by atoms with Gasteiger partial charge < -0.3 is 5.73 Å². The van der Waals surface area contributed by atoms with Crippen LogP contribution in [-0.2, 0) is 18.9 Å². The molecule has 0 amide bonds. The first kappa shape index (κ1) is 13.2. The number of rotatable bonds is 4. The van der Waals surface area contributed by atoms with Crippen molar-refractivity contribution >= 4 is 0 Å². The van der Waals surface area contributed by atoms with Crippen molar-refractivity contribution in [1.29, 1.82) is 0 Å². The molecule has 4 heteroatoms. The fourth-order valence-corrected chi connectivity index (χ4v) is 1.60. The zero-order valence-electron chi connectivity index (χ0n) is 11.3. The van der Waals surface area contributed by atoms with E-state index in [4.69, 9.17) is 5.73 Å². The van der Waals surface area contributed by atoms with Crippen molar-refractivity contribution < 1.29 is 0 Å². The molecule has 16 heavy (non-hydrogen) atoms. The normalized spacial score (nSPS) is 13.2. The van der Waals surface area contributed by atoms with Crippen LogP contribution >= 0.6 is 0 Å². The van der Waals surface area contributed by atoms with Crippen molar-refractivity contribution in [2.75, 3.05) is 0 Å². The molecule has 1 aromatic rings. The molecule has 1 aromatic heterocycles. The van der Waals surface area contributed by atoms with Crippen molar-refractivity contribution in [2.45, 2.75) is 58.4 Å². The summed E-state index contributed by atoms with van der Waals surface area (Å²) < 4.78 is 1.86. The van der Waals surface area contributed by atoms with Crippen LogP contribution in [0, 0.1) is 0 Å². The second-order valence-electron chi connectivity index (χ2n) is 5.57. The third-order valence-electron chi connectivity index (χ3n) is 3.45. The van der Waals surface area contributed by atoms with Crippen LogP contribution in [-0.4, -0.2) is 20.3 Å². The Bertz CT molecular complexity index is 358. The van der Waals surface area contributed by atoms with Crippen LogP contribution in [0.3, 0.4) is 0 Å². The van der Waals surface area contributed by atoms with Crippen molar-refractivity contribution in [3.8, 4) is 0 Å². The van der Waals surface area contributed by atoms with E-state index in [-0.39, 0.29) is 11.0 Å². The van der Waals surface area contributed by atoms with Crippen molar-refractivity contribution in [2.24, 2.45) is 12.8 Å². The Balaban J connectivity index is 3.13. The Morgan fingerprint density at radius 1 is 1.25 bits per heavy atom. The lowest BCUT2D eigenvalue weighted by Crippen LogP contribution is -2.51. The molecule has 2 N–H and O–H groups in total. The average molecular weight is 224 g/mol. The number of nitrogens with zero attached hydrogens (tertiary/aromatic N) is 3.